The fraction of sp³-hybridized carbons (Fsp3) is 0.529. The zero-order valence-corrected chi connectivity index (χ0v) is 12.6. The van der Waals surface area contributed by atoms with Crippen molar-refractivity contribution >= 4 is 17.5 Å². The zero-order valence-electron chi connectivity index (χ0n) is 12.6. The van der Waals surface area contributed by atoms with Gasteiger partial charge in [0.15, 0.2) is 0 Å². The number of anilines is 1. The molecule has 3 rings (SSSR count). The Balaban J connectivity index is 1.67. The molecule has 1 aliphatic carbocycles. The average molecular weight is 302 g/mol. The van der Waals surface area contributed by atoms with Crippen molar-refractivity contribution in [3.63, 3.8) is 0 Å². The Kier molecular flexibility index (Phi) is 4.43. The van der Waals surface area contributed by atoms with Crippen LogP contribution in [0, 0.1) is 11.8 Å². The van der Waals surface area contributed by atoms with Crippen molar-refractivity contribution in [2.75, 3.05) is 25.0 Å². The molecule has 2 N–H and O–H groups in total. The molecular weight excluding hydrogens is 280 g/mol. The monoisotopic (exact) mass is 302 g/mol. The number of likely N-dealkylation sites (tertiary alicyclic amines) is 1. The molecule has 0 radical (unpaired) electrons. The first-order valence-electron chi connectivity index (χ1n) is 7.98. The van der Waals surface area contributed by atoms with Gasteiger partial charge in [0.25, 0.3) is 5.91 Å². The van der Waals surface area contributed by atoms with Crippen LogP contribution >= 0.6 is 0 Å². The van der Waals surface area contributed by atoms with Crippen LogP contribution in [0.5, 0.6) is 0 Å². The van der Waals surface area contributed by atoms with E-state index in [0.29, 0.717) is 17.8 Å². The van der Waals surface area contributed by atoms with E-state index in [1.165, 1.54) is 0 Å². The van der Waals surface area contributed by atoms with Gasteiger partial charge in [-0.2, -0.15) is 0 Å². The van der Waals surface area contributed by atoms with Crippen LogP contribution in [0.1, 0.15) is 36.0 Å². The van der Waals surface area contributed by atoms with Gasteiger partial charge in [0.1, 0.15) is 0 Å². The number of nitrogens with zero attached hydrogens (tertiary/aromatic N) is 1. The molecule has 1 aromatic rings. The fourth-order valence-corrected chi connectivity index (χ4v) is 2.90. The van der Waals surface area contributed by atoms with Crippen LogP contribution in [0.4, 0.5) is 5.69 Å². The van der Waals surface area contributed by atoms with Crippen LogP contribution in [0.25, 0.3) is 0 Å². The van der Waals surface area contributed by atoms with Gasteiger partial charge < -0.3 is 15.3 Å². The second-order valence-electron chi connectivity index (χ2n) is 6.29. The number of hydrogen-bond acceptors (Lipinski definition) is 3. The van der Waals surface area contributed by atoms with Gasteiger partial charge in [0.05, 0.1) is 0 Å². The summed E-state index contributed by atoms with van der Waals surface area (Å²) in [5, 5.41) is 12.1. The number of aliphatic hydroxyl groups excluding tert-OH is 1. The molecule has 118 valence electrons. The number of piperidine rings is 1. The van der Waals surface area contributed by atoms with E-state index < -0.39 is 0 Å². The lowest BCUT2D eigenvalue weighted by Crippen LogP contribution is -2.40. The van der Waals surface area contributed by atoms with Gasteiger partial charge in [0.2, 0.25) is 5.91 Å². The molecular formula is C17H22N2O3. The first-order valence-corrected chi connectivity index (χ1v) is 7.98. The third-order valence-corrected chi connectivity index (χ3v) is 4.39. The molecule has 22 heavy (non-hydrogen) atoms. The summed E-state index contributed by atoms with van der Waals surface area (Å²) in [5.74, 6) is 0.339. The Bertz CT molecular complexity index is 569. The Morgan fingerprint density at radius 2 is 2.09 bits per heavy atom. The van der Waals surface area contributed by atoms with Crippen molar-refractivity contribution in [3.05, 3.63) is 29.8 Å². The first kappa shape index (κ1) is 15.0. The van der Waals surface area contributed by atoms with Crippen molar-refractivity contribution in [2.45, 2.75) is 25.7 Å². The lowest BCUT2D eigenvalue weighted by atomic mass is 9.98. The van der Waals surface area contributed by atoms with E-state index in [1.807, 2.05) is 6.07 Å². The summed E-state index contributed by atoms with van der Waals surface area (Å²) in [6.45, 7) is 1.46. The highest BCUT2D eigenvalue weighted by molar-refractivity contribution is 5.98. The van der Waals surface area contributed by atoms with Crippen molar-refractivity contribution < 1.29 is 14.7 Å². The molecule has 1 aliphatic heterocycles. The number of nitrogens with one attached hydrogen (secondary N) is 1. The Morgan fingerprint density at radius 3 is 2.82 bits per heavy atom. The number of benzene rings is 1. The van der Waals surface area contributed by atoms with E-state index in [9.17, 15) is 14.7 Å². The highest BCUT2D eigenvalue weighted by Crippen LogP contribution is 2.30. The summed E-state index contributed by atoms with van der Waals surface area (Å²) >= 11 is 0. The normalized spacial score (nSPS) is 21.5. The SMILES string of the molecule is O=C(Nc1cccc(C(=O)N2CCCC(CO)C2)c1)C1CC1. The largest absolute Gasteiger partial charge is 0.396 e. The lowest BCUT2D eigenvalue weighted by Gasteiger charge is -2.32. The number of hydrogen-bond donors (Lipinski definition) is 2. The van der Waals surface area contributed by atoms with Crippen LogP contribution < -0.4 is 5.32 Å². The molecule has 1 atom stereocenters. The molecule has 0 bridgehead atoms. The van der Waals surface area contributed by atoms with Gasteiger partial charge >= 0.3 is 0 Å². The third-order valence-electron chi connectivity index (χ3n) is 4.39. The number of carbonyl (C=O) groups is 2. The third kappa shape index (κ3) is 3.47. The Labute approximate surface area is 130 Å². The molecule has 2 aliphatic rings. The zero-order chi connectivity index (χ0) is 15.5. The summed E-state index contributed by atoms with van der Waals surface area (Å²) in [6, 6.07) is 7.12. The summed E-state index contributed by atoms with van der Waals surface area (Å²) in [4.78, 5) is 26.2. The molecule has 5 nitrogen and oxygen atoms in total. The maximum absolute atomic E-state index is 12.6. The van der Waals surface area contributed by atoms with E-state index in [4.69, 9.17) is 0 Å². The van der Waals surface area contributed by atoms with Gasteiger partial charge in [-0.3, -0.25) is 9.59 Å². The number of aliphatic hydroxyl groups is 1. The molecule has 1 saturated heterocycles. The van der Waals surface area contributed by atoms with E-state index in [2.05, 4.69) is 5.32 Å². The second kappa shape index (κ2) is 6.48. The van der Waals surface area contributed by atoms with Gasteiger partial charge in [-0.25, -0.2) is 0 Å². The predicted octanol–water partition coefficient (Wildman–Crippen LogP) is 1.88. The standard InChI is InChI=1S/C17H22N2O3/c20-11-12-3-2-8-19(10-12)17(22)14-4-1-5-15(9-14)18-16(21)13-6-7-13/h1,4-5,9,12-13,20H,2-3,6-8,10-11H2,(H,18,21). The molecule has 1 saturated carbocycles. The summed E-state index contributed by atoms with van der Waals surface area (Å²) in [7, 11) is 0. The number of carbonyl (C=O) groups excluding carboxylic acids is 2. The molecule has 2 amide bonds. The minimum Gasteiger partial charge on any atom is -0.396 e. The van der Waals surface area contributed by atoms with Crippen molar-refractivity contribution in [3.8, 4) is 0 Å². The van der Waals surface area contributed by atoms with Crippen molar-refractivity contribution in [1.29, 1.82) is 0 Å². The first-order chi connectivity index (χ1) is 10.7. The quantitative estimate of drug-likeness (QED) is 0.892. The molecule has 1 aromatic carbocycles. The van der Waals surface area contributed by atoms with Crippen LogP contribution in [0.3, 0.4) is 0 Å². The molecule has 5 heteroatoms. The van der Waals surface area contributed by atoms with Crippen molar-refractivity contribution in [1.82, 2.24) is 4.90 Å². The molecule has 0 spiro atoms. The van der Waals surface area contributed by atoms with Crippen LogP contribution in [0.2, 0.25) is 0 Å². The van der Waals surface area contributed by atoms with Gasteiger partial charge in [-0.15, -0.1) is 0 Å². The van der Waals surface area contributed by atoms with Gasteiger partial charge in [-0.05, 0) is 49.8 Å². The minimum atomic E-state index is -0.0272. The smallest absolute Gasteiger partial charge is 0.253 e. The Hall–Kier alpha value is -1.88. The highest BCUT2D eigenvalue weighted by atomic mass is 16.3. The maximum atomic E-state index is 12.6. The van der Waals surface area contributed by atoms with E-state index in [1.54, 1.807) is 23.1 Å². The summed E-state index contributed by atoms with van der Waals surface area (Å²) in [6.07, 6.45) is 3.81. The molecule has 1 heterocycles. The minimum absolute atomic E-state index is 0.0272. The van der Waals surface area contributed by atoms with E-state index in [0.717, 1.165) is 32.2 Å². The topological polar surface area (TPSA) is 69.6 Å². The van der Waals surface area contributed by atoms with Crippen LogP contribution in [-0.4, -0.2) is 41.5 Å². The predicted molar refractivity (Wildman–Crippen MR) is 83.5 cm³/mol. The van der Waals surface area contributed by atoms with Crippen molar-refractivity contribution in [2.24, 2.45) is 11.8 Å². The van der Waals surface area contributed by atoms with E-state index >= 15 is 0 Å². The molecule has 1 unspecified atom stereocenters. The number of amides is 2. The van der Waals surface area contributed by atoms with Gasteiger partial charge in [0, 0.05) is 36.9 Å². The summed E-state index contributed by atoms with van der Waals surface area (Å²) < 4.78 is 0. The fourth-order valence-electron chi connectivity index (χ4n) is 2.90. The van der Waals surface area contributed by atoms with Gasteiger partial charge in [-0.1, -0.05) is 6.07 Å². The van der Waals surface area contributed by atoms with Crippen LogP contribution in [-0.2, 0) is 4.79 Å². The Morgan fingerprint density at radius 1 is 1.27 bits per heavy atom. The number of rotatable bonds is 4. The molecule has 0 aromatic heterocycles. The summed E-state index contributed by atoms with van der Waals surface area (Å²) in [5.41, 5.74) is 1.27. The second-order valence-corrected chi connectivity index (χ2v) is 6.29. The van der Waals surface area contributed by atoms with E-state index in [-0.39, 0.29) is 30.3 Å². The highest BCUT2D eigenvalue weighted by Gasteiger charge is 2.30. The average Bonchev–Trinajstić information content (AvgIpc) is 3.39. The van der Waals surface area contributed by atoms with Crippen LogP contribution in [0.15, 0.2) is 24.3 Å². The molecule has 2 fully saturated rings. The maximum Gasteiger partial charge on any atom is 0.253 e. The lowest BCUT2D eigenvalue weighted by molar-refractivity contribution is -0.117.